The molecule has 0 radical (unpaired) electrons. The van der Waals surface area contributed by atoms with E-state index in [9.17, 15) is 14.4 Å². The maximum absolute atomic E-state index is 13.0. The zero-order chi connectivity index (χ0) is 24.4. The highest BCUT2D eigenvalue weighted by Crippen LogP contribution is 2.27. The summed E-state index contributed by atoms with van der Waals surface area (Å²) in [6.07, 6.45) is 2.43. The molecule has 1 atom stereocenters. The summed E-state index contributed by atoms with van der Waals surface area (Å²) in [6.45, 7) is 3.40. The van der Waals surface area contributed by atoms with Crippen LogP contribution in [0.2, 0.25) is 0 Å². The summed E-state index contributed by atoms with van der Waals surface area (Å²) in [4.78, 5) is 45.5. The minimum atomic E-state index is -0.253. The number of ketones is 1. The maximum atomic E-state index is 13.0. The molecule has 5 rings (SSSR count). The summed E-state index contributed by atoms with van der Waals surface area (Å²) in [7, 11) is 1.53. The van der Waals surface area contributed by atoms with Crippen LogP contribution < -0.4 is 10.1 Å². The SMILES string of the molecule is COc1ccc(-c2ccc(C(=O)N3CC(N4CCNCC4C(=O)c4nccs4)C3)cc2)cc1C=O. The lowest BCUT2D eigenvalue weighted by atomic mass is 9.98. The van der Waals surface area contributed by atoms with E-state index in [1.54, 1.807) is 18.3 Å². The Bertz CT molecular complexity index is 1220. The van der Waals surface area contributed by atoms with E-state index in [0.29, 0.717) is 41.5 Å². The second-order valence-corrected chi connectivity index (χ2v) is 9.57. The van der Waals surface area contributed by atoms with Crippen molar-refractivity contribution in [2.45, 2.75) is 12.1 Å². The van der Waals surface area contributed by atoms with Crippen molar-refractivity contribution in [3.8, 4) is 16.9 Å². The van der Waals surface area contributed by atoms with Crippen LogP contribution in [0.25, 0.3) is 11.1 Å². The lowest BCUT2D eigenvalue weighted by Crippen LogP contribution is -2.68. The molecule has 2 aromatic carbocycles. The monoisotopic (exact) mass is 490 g/mol. The number of carbonyl (C=O) groups is 3. The van der Waals surface area contributed by atoms with Gasteiger partial charge in [0.05, 0.1) is 18.7 Å². The van der Waals surface area contributed by atoms with Gasteiger partial charge in [-0.3, -0.25) is 19.3 Å². The number of amides is 1. The summed E-state index contributed by atoms with van der Waals surface area (Å²) in [5.41, 5.74) is 2.90. The molecule has 180 valence electrons. The summed E-state index contributed by atoms with van der Waals surface area (Å²) in [6, 6.07) is 12.7. The van der Waals surface area contributed by atoms with E-state index in [2.05, 4.69) is 15.2 Å². The van der Waals surface area contributed by atoms with Crippen LogP contribution in [0, 0.1) is 0 Å². The number of benzene rings is 2. The molecular weight excluding hydrogens is 464 g/mol. The average molecular weight is 491 g/mol. The van der Waals surface area contributed by atoms with E-state index in [1.807, 2.05) is 40.6 Å². The van der Waals surface area contributed by atoms with E-state index in [1.165, 1.54) is 18.4 Å². The standard InChI is InChI=1S/C26H26N4O4S/c1-34-23-7-6-19(12-20(23)16-31)17-2-4-18(5-3-17)26(33)29-14-21(15-29)30-10-8-27-13-22(30)24(32)25-28-9-11-35-25/h2-7,9,11-12,16,21-22,27H,8,10,13-15H2,1H3. The number of aromatic nitrogens is 1. The fourth-order valence-corrected chi connectivity index (χ4v) is 5.34. The van der Waals surface area contributed by atoms with Crippen molar-refractivity contribution in [1.29, 1.82) is 0 Å². The number of nitrogens with zero attached hydrogens (tertiary/aromatic N) is 3. The molecule has 0 saturated carbocycles. The van der Waals surface area contributed by atoms with E-state index >= 15 is 0 Å². The predicted octanol–water partition coefficient (Wildman–Crippen LogP) is 2.61. The number of Topliss-reactive ketones (excluding diaryl/α,β-unsaturated/α-hetero) is 1. The lowest BCUT2D eigenvalue weighted by Gasteiger charge is -2.49. The molecule has 0 bridgehead atoms. The van der Waals surface area contributed by atoms with Crippen molar-refractivity contribution in [3.63, 3.8) is 0 Å². The van der Waals surface area contributed by atoms with Crippen LogP contribution in [0.5, 0.6) is 5.75 Å². The highest BCUT2D eigenvalue weighted by atomic mass is 32.1. The number of hydrogen-bond acceptors (Lipinski definition) is 8. The smallest absolute Gasteiger partial charge is 0.253 e. The van der Waals surface area contributed by atoms with Gasteiger partial charge in [0.15, 0.2) is 11.3 Å². The van der Waals surface area contributed by atoms with Crippen LogP contribution in [0.4, 0.5) is 0 Å². The molecule has 2 aliphatic heterocycles. The third-order valence-electron chi connectivity index (χ3n) is 6.67. The number of aldehydes is 1. The highest BCUT2D eigenvalue weighted by molar-refractivity contribution is 7.11. The van der Waals surface area contributed by atoms with E-state index < -0.39 is 0 Å². The topological polar surface area (TPSA) is 91.8 Å². The van der Waals surface area contributed by atoms with Gasteiger partial charge in [-0.1, -0.05) is 18.2 Å². The Labute approximate surface area is 207 Å². The molecule has 35 heavy (non-hydrogen) atoms. The number of carbonyl (C=O) groups excluding carboxylic acids is 3. The first kappa shape index (κ1) is 23.3. The van der Waals surface area contributed by atoms with Crippen molar-refractivity contribution in [1.82, 2.24) is 20.1 Å². The van der Waals surface area contributed by atoms with E-state index in [-0.39, 0.29) is 23.8 Å². The Kier molecular flexibility index (Phi) is 6.72. The van der Waals surface area contributed by atoms with Crippen molar-refractivity contribution >= 4 is 29.3 Å². The second-order valence-electron chi connectivity index (χ2n) is 8.68. The Morgan fingerprint density at radius 1 is 1.14 bits per heavy atom. The van der Waals surface area contributed by atoms with Gasteiger partial charge in [-0.15, -0.1) is 11.3 Å². The fraction of sp³-hybridized carbons (Fsp3) is 0.308. The van der Waals surface area contributed by atoms with Gasteiger partial charge in [-0.25, -0.2) is 4.98 Å². The number of likely N-dealkylation sites (tertiary alicyclic amines) is 1. The van der Waals surface area contributed by atoms with Crippen molar-refractivity contribution < 1.29 is 19.1 Å². The number of hydrogen-bond donors (Lipinski definition) is 1. The number of thiazole rings is 1. The number of ether oxygens (including phenoxy) is 1. The van der Waals surface area contributed by atoms with Gasteiger partial charge in [0, 0.05) is 55.9 Å². The van der Waals surface area contributed by atoms with Gasteiger partial charge in [-0.05, 0) is 35.4 Å². The molecule has 2 fully saturated rings. The summed E-state index contributed by atoms with van der Waals surface area (Å²) >= 11 is 1.37. The number of rotatable bonds is 7. The van der Waals surface area contributed by atoms with Crippen LogP contribution in [-0.4, -0.2) is 84.7 Å². The second kappa shape index (κ2) is 10.1. The minimum Gasteiger partial charge on any atom is -0.496 e. The van der Waals surface area contributed by atoms with Crippen molar-refractivity contribution in [2.24, 2.45) is 0 Å². The zero-order valence-corrected chi connectivity index (χ0v) is 20.2. The molecule has 1 amide bonds. The normalized spacial score (nSPS) is 18.7. The molecular formula is C26H26N4O4S. The van der Waals surface area contributed by atoms with Crippen LogP contribution >= 0.6 is 11.3 Å². The quantitative estimate of drug-likeness (QED) is 0.402. The van der Waals surface area contributed by atoms with Gasteiger partial charge in [0.1, 0.15) is 5.75 Å². The van der Waals surface area contributed by atoms with E-state index in [4.69, 9.17) is 4.74 Å². The van der Waals surface area contributed by atoms with Crippen LogP contribution in [0.3, 0.4) is 0 Å². The predicted molar refractivity (Wildman–Crippen MR) is 133 cm³/mol. The first-order valence-corrected chi connectivity index (χ1v) is 12.4. The van der Waals surface area contributed by atoms with Gasteiger partial charge in [0.25, 0.3) is 5.91 Å². The summed E-state index contributed by atoms with van der Waals surface area (Å²) < 4.78 is 5.20. The van der Waals surface area contributed by atoms with Crippen molar-refractivity contribution in [3.05, 3.63) is 70.2 Å². The third-order valence-corrected chi connectivity index (χ3v) is 7.46. The summed E-state index contributed by atoms with van der Waals surface area (Å²) in [5.74, 6) is 0.556. The molecule has 0 spiro atoms. The van der Waals surface area contributed by atoms with Crippen LogP contribution in [0.15, 0.2) is 54.0 Å². The lowest BCUT2D eigenvalue weighted by molar-refractivity contribution is 0.00520. The molecule has 3 aromatic rings. The largest absolute Gasteiger partial charge is 0.496 e. The fourth-order valence-electron chi connectivity index (χ4n) is 4.71. The third kappa shape index (κ3) is 4.62. The van der Waals surface area contributed by atoms with Crippen LogP contribution in [0.1, 0.15) is 30.5 Å². The first-order chi connectivity index (χ1) is 17.1. The van der Waals surface area contributed by atoms with Gasteiger partial charge >= 0.3 is 0 Å². The number of methoxy groups -OCH3 is 1. The average Bonchev–Trinajstić information content (AvgIpc) is 3.42. The molecule has 1 N–H and O–H groups in total. The van der Waals surface area contributed by atoms with E-state index in [0.717, 1.165) is 30.5 Å². The van der Waals surface area contributed by atoms with Crippen molar-refractivity contribution in [2.75, 3.05) is 39.8 Å². The molecule has 1 aromatic heterocycles. The molecule has 8 nitrogen and oxygen atoms in total. The Hall–Kier alpha value is -3.40. The van der Waals surface area contributed by atoms with Crippen LogP contribution in [-0.2, 0) is 0 Å². The first-order valence-electron chi connectivity index (χ1n) is 11.5. The number of nitrogens with one attached hydrogen (secondary N) is 1. The van der Waals surface area contributed by atoms with Gasteiger partial charge < -0.3 is 15.0 Å². The molecule has 3 heterocycles. The minimum absolute atomic E-state index is 0.0194. The Morgan fingerprint density at radius 2 is 1.91 bits per heavy atom. The maximum Gasteiger partial charge on any atom is 0.253 e. The Balaban J connectivity index is 1.23. The van der Waals surface area contributed by atoms with Gasteiger partial charge in [0.2, 0.25) is 5.78 Å². The van der Waals surface area contributed by atoms with Gasteiger partial charge in [-0.2, -0.15) is 0 Å². The summed E-state index contributed by atoms with van der Waals surface area (Å²) in [5, 5.41) is 5.66. The highest BCUT2D eigenvalue weighted by Gasteiger charge is 2.41. The number of piperazine rings is 1. The molecule has 0 aliphatic carbocycles. The molecule has 9 heteroatoms. The zero-order valence-electron chi connectivity index (χ0n) is 19.3. The molecule has 2 aliphatic rings. The Morgan fingerprint density at radius 3 is 2.60 bits per heavy atom. The molecule has 1 unspecified atom stereocenters. The molecule has 2 saturated heterocycles.